The maximum absolute atomic E-state index is 5.14. The van der Waals surface area contributed by atoms with E-state index in [1.807, 2.05) is 17.2 Å². The van der Waals surface area contributed by atoms with Crippen LogP contribution in [0.2, 0.25) is 0 Å². The SMILES string of the molecule is CC(C)C1COC=CS1. The van der Waals surface area contributed by atoms with E-state index in [9.17, 15) is 0 Å². The maximum atomic E-state index is 5.14. The van der Waals surface area contributed by atoms with Crippen molar-refractivity contribution < 1.29 is 4.74 Å². The molecule has 0 N–H and O–H groups in total. The Morgan fingerprint density at radius 1 is 1.67 bits per heavy atom. The van der Waals surface area contributed by atoms with Crippen LogP contribution in [0, 0.1) is 5.92 Å². The lowest BCUT2D eigenvalue weighted by Gasteiger charge is -2.20. The van der Waals surface area contributed by atoms with Crippen LogP contribution in [0.15, 0.2) is 11.7 Å². The molecule has 1 aliphatic heterocycles. The first-order chi connectivity index (χ1) is 4.30. The minimum absolute atomic E-state index is 0.662. The molecule has 52 valence electrons. The van der Waals surface area contributed by atoms with Gasteiger partial charge in [0.1, 0.15) is 0 Å². The molecule has 0 aliphatic carbocycles. The molecule has 0 spiro atoms. The van der Waals surface area contributed by atoms with Crippen molar-refractivity contribution >= 4 is 11.8 Å². The second-order valence-electron chi connectivity index (χ2n) is 2.52. The fraction of sp³-hybridized carbons (Fsp3) is 0.714. The van der Waals surface area contributed by atoms with E-state index in [0.29, 0.717) is 5.25 Å². The number of ether oxygens (including phenoxy) is 1. The van der Waals surface area contributed by atoms with Crippen LogP contribution in [0.1, 0.15) is 13.8 Å². The van der Waals surface area contributed by atoms with Crippen molar-refractivity contribution in [1.29, 1.82) is 0 Å². The highest BCUT2D eigenvalue weighted by molar-refractivity contribution is 8.02. The van der Waals surface area contributed by atoms with Crippen LogP contribution in [0.5, 0.6) is 0 Å². The smallest absolute Gasteiger partial charge is 0.0997 e. The predicted octanol–water partition coefficient (Wildman–Crippen LogP) is 2.25. The maximum Gasteiger partial charge on any atom is 0.0997 e. The minimum atomic E-state index is 0.662. The van der Waals surface area contributed by atoms with Gasteiger partial charge in [0.15, 0.2) is 0 Å². The van der Waals surface area contributed by atoms with Crippen molar-refractivity contribution in [2.45, 2.75) is 19.1 Å². The molecule has 0 fully saturated rings. The summed E-state index contributed by atoms with van der Waals surface area (Å²) in [6, 6.07) is 0. The number of rotatable bonds is 1. The Bertz CT molecular complexity index is 109. The van der Waals surface area contributed by atoms with Crippen molar-refractivity contribution in [2.75, 3.05) is 6.61 Å². The quantitative estimate of drug-likeness (QED) is 0.558. The number of thioether (sulfide) groups is 1. The molecule has 0 amide bonds. The Morgan fingerprint density at radius 3 is 2.78 bits per heavy atom. The second-order valence-corrected chi connectivity index (χ2v) is 3.67. The van der Waals surface area contributed by atoms with Gasteiger partial charge in [-0.2, -0.15) is 0 Å². The van der Waals surface area contributed by atoms with E-state index in [-0.39, 0.29) is 0 Å². The van der Waals surface area contributed by atoms with Crippen LogP contribution in [-0.2, 0) is 4.74 Å². The summed E-state index contributed by atoms with van der Waals surface area (Å²) >= 11 is 1.87. The summed E-state index contributed by atoms with van der Waals surface area (Å²) in [6.45, 7) is 5.32. The third-order valence-corrected chi connectivity index (χ3v) is 2.71. The van der Waals surface area contributed by atoms with Gasteiger partial charge in [0.05, 0.1) is 12.9 Å². The van der Waals surface area contributed by atoms with Crippen LogP contribution in [-0.4, -0.2) is 11.9 Å². The van der Waals surface area contributed by atoms with Crippen molar-refractivity contribution in [3.8, 4) is 0 Å². The highest BCUT2D eigenvalue weighted by atomic mass is 32.2. The van der Waals surface area contributed by atoms with E-state index < -0.39 is 0 Å². The Hall–Kier alpha value is -0.110. The summed E-state index contributed by atoms with van der Waals surface area (Å²) in [6.07, 6.45) is 1.77. The Kier molecular flexibility index (Phi) is 2.46. The lowest BCUT2D eigenvalue weighted by atomic mass is 10.1. The Balaban J connectivity index is 2.35. The molecule has 1 heterocycles. The molecule has 0 aromatic carbocycles. The summed E-state index contributed by atoms with van der Waals surface area (Å²) < 4.78 is 5.14. The van der Waals surface area contributed by atoms with Gasteiger partial charge in [0.2, 0.25) is 0 Å². The highest BCUT2D eigenvalue weighted by Gasteiger charge is 2.14. The molecular weight excluding hydrogens is 132 g/mol. The van der Waals surface area contributed by atoms with Crippen LogP contribution < -0.4 is 0 Å². The fourth-order valence-electron chi connectivity index (χ4n) is 0.712. The van der Waals surface area contributed by atoms with Crippen LogP contribution in [0.3, 0.4) is 0 Å². The molecule has 1 aliphatic rings. The Morgan fingerprint density at radius 2 is 2.44 bits per heavy atom. The molecule has 0 saturated heterocycles. The third kappa shape index (κ3) is 1.94. The van der Waals surface area contributed by atoms with Gasteiger partial charge >= 0.3 is 0 Å². The summed E-state index contributed by atoms with van der Waals surface area (Å²) in [4.78, 5) is 0. The third-order valence-electron chi connectivity index (χ3n) is 1.41. The summed E-state index contributed by atoms with van der Waals surface area (Å²) in [5, 5.41) is 2.68. The zero-order chi connectivity index (χ0) is 6.69. The first-order valence-electron chi connectivity index (χ1n) is 3.23. The fourth-order valence-corrected chi connectivity index (χ4v) is 1.53. The number of hydrogen-bond acceptors (Lipinski definition) is 2. The lowest BCUT2D eigenvalue weighted by molar-refractivity contribution is 0.232. The van der Waals surface area contributed by atoms with Gasteiger partial charge in [-0.25, -0.2) is 0 Å². The predicted molar refractivity (Wildman–Crippen MR) is 41.3 cm³/mol. The van der Waals surface area contributed by atoms with E-state index in [0.717, 1.165) is 12.5 Å². The first-order valence-corrected chi connectivity index (χ1v) is 4.17. The molecule has 0 bridgehead atoms. The largest absolute Gasteiger partial charge is 0.499 e. The topological polar surface area (TPSA) is 9.23 Å². The van der Waals surface area contributed by atoms with Crippen molar-refractivity contribution in [3.05, 3.63) is 11.7 Å². The van der Waals surface area contributed by atoms with Gasteiger partial charge in [0, 0.05) is 10.7 Å². The normalized spacial score (nSPS) is 26.3. The van der Waals surface area contributed by atoms with Gasteiger partial charge in [-0.15, -0.1) is 11.8 Å². The Labute approximate surface area is 60.5 Å². The zero-order valence-electron chi connectivity index (χ0n) is 5.83. The van der Waals surface area contributed by atoms with Gasteiger partial charge in [0.25, 0.3) is 0 Å². The zero-order valence-corrected chi connectivity index (χ0v) is 6.65. The summed E-state index contributed by atoms with van der Waals surface area (Å²) in [7, 11) is 0. The van der Waals surface area contributed by atoms with Gasteiger partial charge in [-0.3, -0.25) is 0 Å². The first kappa shape index (κ1) is 7.00. The molecule has 0 saturated carbocycles. The van der Waals surface area contributed by atoms with Gasteiger partial charge < -0.3 is 4.74 Å². The summed E-state index contributed by atoms with van der Waals surface area (Å²) in [5.41, 5.74) is 0. The molecule has 9 heavy (non-hydrogen) atoms. The molecular formula is C7H12OS. The second kappa shape index (κ2) is 3.16. The van der Waals surface area contributed by atoms with Gasteiger partial charge in [-0.05, 0) is 5.92 Å². The lowest BCUT2D eigenvalue weighted by Crippen LogP contribution is -2.18. The minimum Gasteiger partial charge on any atom is -0.499 e. The van der Waals surface area contributed by atoms with E-state index in [1.54, 1.807) is 6.26 Å². The molecule has 0 aromatic heterocycles. The highest BCUT2D eigenvalue weighted by Crippen LogP contribution is 2.23. The molecule has 0 aromatic rings. The van der Waals surface area contributed by atoms with Crippen LogP contribution in [0.4, 0.5) is 0 Å². The molecule has 0 radical (unpaired) electrons. The molecule has 1 rings (SSSR count). The molecule has 1 nitrogen and oxygen atoms in total. The standard InChI is InChI=1S/C7H12OS/c1-6(2)7-5-8-3-4-9-7/h3-4,6-7H,5H2,1-2H3. The van der Waals surface area contributed by atoms with Crippen molar-refractivity contribution in [1.82, 2.24) is 0 Å². The molecule has 2 heteroatoms. The van der Waals surface area contributed by atoms with E-state index in [1.165, 1.54) is 0 Å². The monoisotopic (exact) mass is 144 g/mol. The van der Waals surface area contributed by atoms with Crippen LogP contribution >= 0.6 is 11.8 Å². The van der Waals surface area contributed by atoms with E-state index >= 15 is 0 Å². The summed E-state index contributed by atoms with van der Waals surface area (Å²) in [5.74, 6) is 0.722. The van der Waals surface area contributed by atoms with Gasteiger partial charge in [-0.1, -0.05) is 13.8 Å². The molecule has 1 atom stereocenters. The van der Waals surface area contributed by atoms with Crippen molar-refractivity contribution in [3.63, 3.8) is 0 Å². The van der Waals surface area contributed by atoms with E-state index in [2.05, 4.69) is 13.8 Å². The van der Waals surface area contributed by atoms with Crippen molar-refractivity contribution in [2.24, 2.45) is 5.92 Å². The van der Waals surface area contributed by atoms with E-state index in [4.69, 9.17) is 4.74 Å². The average molecular weight is 144 g/mol. The average Bonchev–Trinajstić information content (AvgIpc) is 1.90. The number of hydrogen-bond donors (Lipinski definition) is 0. The molecule has 1 unspecified atom stereocenters. The van der Waals surface area contributed by atoms with Crippen LogP contribution in [0.25, 0.3) is 0 Å².